The van der Waals surface area contributed by atoms with Crippen molar-refractivity contribution in [3.63, 3.8) is 0 Å². The van der Waals surface area contributed by atoms with Gasteiger partial charge in [-0.1, -0.05) is 6.07 Å². The van der Waals surface area contributed by atoms with E-state index in [0.717, 1.165) is 0 Å². The molecule has 0 spiro atoms. The van der Waals surface area contributed by atoms with Gasteiger partial charge >= 0.3 is 10.2 Å². The average Bonchev–Trinajstić information content (AvgIpc) is 2.15. The van der Waals surface area contributed by atoms with E-state index in [4.69, 9.17) is 0 Å². The van der Waals surface area contributed by atoms with E-state index in [0.29, 0.717) is 16.5 Å². The fourth-order valence-corrected chi connectivity index (χ4v) is 2.45. The normalized spacial score (nSPS) is 11.9. The number of pyridine rings is 1. The van der Waals surface area contributed by atoms with Crippen molar-refractivity contribution < 1.29 is 12.3 Å². The number of aryl methyl sites for hydroxylation is 1. The smallest absolute Gasteiger partial charge is 0.256 e. The Morgan fingerprint density at radius 1 is 1.27 bits per heavy atom. The molecule has 1 aromatic carbocycles. The van der Waals surface area contributed by atoms with Crippen LogP contribution in [0.25, 0.3) is 10.9 Å². The predicted molar refractivity (Wildman–Crippen MR) is 54.8 cm³/mol. The molecule has 0 amide bonds. The summed E-state index contributed by atoms with van der Waals surface area (Å²) in [4.78, 5) is 3.68. The number of halogens is 1. The summed E-state index contributed by atoms with van der Waals surface area (Å²) in [7, 11) is -4.70. The number of rotatable bonds is 1. The van der Waals surface area contributed by atoms with Crippen LogP contribution < -0.4 is 0 Å². The molecular weight excluding hydrogens is 217 g/mol. The maximum atomic E-state index is 13.1. The molecule has 5 heteroatoms. The zero-order chi connectivity index (χ0) is 11.1. The molecule has 0 aliphatic heterocycles. The third-order valence-electron chi connectivity index (χ3n) is 2.18. The Morgan fingerprint density at radius 3 is 2.67 bits per heavy atom. The molecule has 0 aliphatic carbocycles. The van der Waals surface area contributed by atoms with Gasteiger partial charge in [-0.15, -0.1) is 3.89 Å². The largest absolute Gasteiger partial charge is 0.333 e. The summed E-state index contributed by atoms with van der Waals surface area (Å²) in [5.74, 6) is 0. The molecule has 1 aromatic heterocycles. The van der Waals surface area contributed by atoms with Gasteiger partial charge in [-0.2, -0.15) is 8.42 Å². The number of benzene rings is 1. The summed E-state index contributed by atoms with van der Waals surface area (Å²) in [5.41, 5.74) is 0.859. The van der Waals surface area contributed by atoms with Crippen molar-refractivity contribution in [2.45, 2.75) is 11.8 Å². The van der Waals surface area contributed by atoms with Gasteiger partial charge in [0.2, 0.25) is 0 Å². The molecule has 0 radical (unpaired) electrons. The highest BCUT2D eigenvalue weighted by Crippen LogP contribution is 2.26. The molecule has 0 saturated carbocycles. The van der Waals surface area contributed by atoms with Crippen molar-refractivity contribution in [2.24, 2.45) is 0 Å². The third kappa shape index (κ3) is 1.70. The van der Waals surface area contributed by atoms with Crippen LogP contribution in [0.5, 0.6) is 0 Å². The minimum absolute atomic E-state index is 0.284. The molecule has 0 bridgehead atoms. The number of fused-ring (bicyclic) bond motifs is 1. The van der Waals surface area contributed by atoms with Crippen LogP contribution in [0.3, 0.4) is 0 Å². The molecule has 0 aliphatic rings. The average molecular weight is 225 g/mol. The molecular formula is C10H8FNO2S. The van der Waals surface area contributed by atoms with Gasteiger partial charge in [0.25, 0.3) is 0 Å². The van der Waals surface area contributed by atoms with Crippen LogP contribution in [0.4, 0.5) is 3.89 Å². The first kappa shape index (κ1) is 10.0. The number of aromatic nitrogens is 1. The number of hydrogen-bond donors (Lipinski definition) is 0. The lowest BCUT2D eigenvalue weighted by molar-refractivity contribution is 0.552. The fourth-order valence-electron chi connectivity index (χ4n) is 1.56. The Bertz CT molecular complexity index is 622. The molecule has 1 heterocycles. The van der Waals surface area contributed by atoms with Gasteiger partial charge in [-0.3, -0.25) is 4.98 Å². The van der Waals surface area contributed by atoms with Crippen LogP contribution in [-0.2, 0) is 10.2 Å². The molecule has 3 nitrogen and oxygen atoms in total. The zero-order valence-electron chi connectivity index (χ0n) is 7.94. The van der Waals surface area contributed by atoms with Gasteiger partial charge in [0.15, 0.2) is 0 Å². The minimum atomic E-state index is -4.70. The van der Waals surface area contributed by atoms with Crippen LogP contribution in [-0.4, -0.2) is 13.4 Å². The first-order chi connectivity index (χ1) is 7.00. The van der Waals surface area contributed by atoms with E-state index in [1.807, 2.05) is 0 Å². The van der Waals surface area contributed by atoms with Crippen molar-refractivity contribution in [1.82, 2.24) is 4.98 Å². The van der Waals surface area contributed by atoms with E-state index in [9.17, 15) is 12.3 Å². The Balaban J connectivity index is 2.99. The van der Waals surface area contributed by atoms with Gasteiger partial charge in [-0.05, 0) is 30.7 Å². The SMILES string of the molecule is Cc1ccc2ncccc2c1S(=O)(=O)F. The van der Waals surface area contributed by atoms with Crippen molar-refractivity contribution in [1.29, 1.82) is 0 Å². The molecule has 2 aromatic rings. The fraction of sp³-hybridized carbons (Fsp3) is 0.100. The first-order valence-electron chi connectivity index (χ1n) is 4.29. The Kier molecular flexibility index (Phi) is 2.19. The summed E-state index contributed by atoms with van der Waals surface area (Å²) >= 11 is 0. The van der Waals surface area contributed by atoms with Crippen LogP contribution in [0, 0.1) is 6.92 Å². The second kappa shape index (κ2) is 3.27. The van der Waals surface area contributed by atoms with Crippen LogP contribution in [0.2, 0.25) is 0 Å². The molecule has 2 rings (SSSR count). The highest BCUT2D eigenvalue weighted by atomic mass is 32.3. The number of hydrogen-bond acceptors (Lipinski definition) is 3. The van der Waals surface area contributed by atoms with E-state index < -0.39 is 10.2 Å². The Hall–Kier alpha value is -1.49. The highest BCUT2D eigenvalue weighted by molar-refractivity contribution is 7.86. The topological polar surface area (TPSA) is 47.0 Å². The Labute approximate surface area is 86.8 Å². The molecule has 78 valence electrons. The van der Waals surface area contributed by atoms with Gasteiger partial charge < -0.3 is 0 Å². The second-order valence-electron chi connectivity index (χ2n) is 3.22. The summed E-state index contributed by atoms with van der Waals surface area (Å²) in [6, 6.07) is 6.33. The van der Waals surface area contributed by atoms with Crippen molar-refractivity contribution in [3.8, 4) is 0 Å². The maximum Gasteiger partial charge on any atom is 0.333 e. The van der Waals surface area contributed by atoms with E-state index in [-0.39, 0.29) is 4.90 Å². The van der Waals surface area contributed by atoms with Gasteiger partial charge in [0.05, 0.1) is 5.52 Å². The van der Waals surface area contributed by atoms with Crippen molar-refractivity contribution in [3.05, 3.63) is 36.0 Å². The molecule has 0 N–H and O–H groups in total. The zero-order valence-corrected chi connectivity index (χ0v) is 8.75. The standard InChI is InChI=1S/C10H8FNO2S/c1-7-4-5-9-8(3-2-6-12-9)10(7)15(11,13)14/h2-6H,1H3. The lowest BCUT2D eigenvalue weighted by Gasteiger charge is -2.04. The minimum Gasteiger partial charge on any atom is -0.256 e. The summed E-state index contributed by atoms with van der Waals surface area (Å²) < 4.78 is 35.0. The summed E-state index contributed by atoms with van der Waals surface area (Å²) in [6.07, 6.45) is 1.53. The summed E-state index contributed by atoms with van der Waals surface area (Å²) in [5, 5.41) is 0.319. The van der Waals surface area contributed by atoms with E-state index in [1.54, 1.807) is 31.2 Å². The summed E-state index contributed by atoms with van der Waals surface area (Å²) in [6.45, 7) is 1.55. The Morgan fingerprint density at radius 2 is 2.00 bits per heavy atom. The molecule has 15 heavy (non-hydrogen) atoms. The van der Waals surface area contributed by atoms with E-state index in [2.05, 4.69) is 4.98 Å². The van der Waals surface area contributed by atoms with Gasteiger partial charge in [0.1, 0.15) is 4.90 Å². The first-order valence-corrected chi connectivity index (χ1v) is 5.67. The molecule has 0 fully saturated rings. The quantitative estimate of drug-likeness (QED) is 0.699. The van der Waals surface area contributed by atoms with Crippen LogP contribution in [0.15, 0.2) is 35.4 Å². The molecule has 0 unspecified atom stereocenters. The lowest BCUT2D eigenvalue weighted by Crippen LogP contribution is -1.97. The number of nitrogens with zero attached hydrogens (tertiary/aromatic N) is 1. The van der Waals surface area contributed by atoms with Gasteiger partial charge in [-0.25, -0.2) is 0 Å². The van der Waals surface area contributed by atoms with E-state index >= 15 is 0 Å². The van der Waals surface area contributed by atoms with Crippen molar-refractivity contribution in [2.75, 3.05) is 0 Å². The third-order valence-corrected chi connectivity index (χ3v) is 3.21. The van der Waals surface area contributed by atoms with Crippen LogP contribution in [0.1, 0.15) is 5.56 Å². The van der Waals surface area contributed by atoms with Crippen molar-refractivity contribution >= 4 is 21.1 Å². The maximum absolute atomic E-state index is 13.1. The molecule has 0 atom stereocenters. The monoisotopic (exact) mass is 225 g/mol. The molecule has 0 saturated heterocycles. The van der Waals surface area contributed by atoms with Gasteiger partial charge in [0, 0.05) is 11.6 Å². The second-order valence-corrected chi connectivity index (χ2v) is 4.50. The highest BCUT2D eigenvalue weighted by Gasteiger charge is 2.18. The van der Waals surface area contributed by atoms with Crippen LogP contribution >= 0.6 is 0 Å². The predicted octanol–water partition coefficient (Wildman–Crippen LogP) is 2.20. The lowest BCUT2D eigenvalue weighted by atomic mass is 10.1. The van der Waals surface area contributed by atoms with E-state index in [1.165, 1.54) is 6.20 Å².